The molecule has 0 radical (unpaired) electrons. The van der Waals surface area contributed by atoms with E-state index in [0.29, 0.717) is 6.54 Å². The van der Waals surface area contributed by atoms with Gasteiger partial charge in [-0.1, -0.05) is 24.3 Å². The largest absolute Gasteiger partial charge is 0.373 e. The van der Waals surface area contributed by atoms with E-state index >= 15 is 0 Å². The molecule has 0 bridgehead atoms. The van der Waals surface area contributed by atoms with Gasteiger partial charge in [0.2, 0.25) is 0 Å². The summed E-state index contributed by atoms with van der Waals surface area (Å²) in [6.07, 6.45) is 1.74. The highest BCUT2D eigenvalue weighted by Gasteiger charge is 2.06. The molecular weight excluding hydrogens is 250 g/mol. The highest BCUT2D eigenvalue weighted by atomic mass is 16.1. The molecule has 0 aliphatic rings. The average Bonchev–Trinajstić information content (AvgIpc) is 2.50. The molecule has 0 spiro atoms. The van der Waals surface area contributed by atoms with E-state index in [1.807, 2.05) is 49.5 Å². The van der Waals surface area contributed by atoms with Gasteiger partial charge in [0.15, 0.2) is 0 Å². The molecule has 0 unspecified atom stereocenters. The Morgan fingerprint density at radius 2 is 1.95 bits per heavy atom. The molecule has 3 rings (SSSR count). The Morgan fingerprint density at radius 3 is 2.80 bits per heavy atom. The van der Waals surface area contributed by atoms with Gasteiger partial charge < -0.3 is 9.88 Å². The van der Waals surface area contributed by atoms with E-state index in [2.05, 4.69) is 10.3 Å². The molecule has 0 atom stereocenters. The van der Waals surface area contributed by atoms with E-state index in [1.165, 1.54) is 0 Å². The summed E-state index contributed by atoms with van der Waals surface area (Å²) in [5, 5.41) is 4.11. The maximum atomic E-state index is 12.2. The summed E-state index contributed by atoms with van der Waals surface area (Å²) < 4.78 is 1.77. The van der Waals surface area contributed by atoms with Crippen LogP contribution in [0.4, 0.5) is 5.82 Å². The molecule has 4 heteroatoms. The number of fused-ring (bicyclic) bond motifs is 1. The number of rotatable bonds is 3. The highest BCUT2D eigenvalue weighted by Crippen LogP contribution is 2.16. The Kier molecular flexibility index (Phi) is 3.21. The Balaban J connectivity index is 2.15. The molecule has 0 amide bonds. The summed E-state index contributed by atoms with van der Waals surface area (Å²) >= 11 is 0. The van der Waals surface area contributed by atoms with Crippen LogP contribution in [0.5, 0.6) is 0 Å². The lowest BCUT2D eigenvalue weighted by atomic mass is 10.2. The minimum Gasteiger partial charge on any atom is -0.373 e. The van der Waals surface area contributed by atoms with E-state index in [1.54, 1.807) is 16.8 Å². The monoisotopic (exact) mass is 265 g/mol. The van der Waals surface area contributed by atoms with Crippen LogP contribution in [0.3, 0.4) is 0 Å². The lowest BCUT2D eigenvalue weighted by Gasteiger charge is -2.12. The minimum atomic E-state index is -0.00499. The summed E-state index contributed by atoms with van der Waals surface area (Å²) in [6, 6.07) is 15.2. The van der Waals surface area contributed by atoms with Crippen molar-refractivity contribution in [1.82, 2.24) is 9.55 Å². The maximum absolute atomic E-state index is 12.2. The third-order valence-electron chi connectivity index (χ3n) is 3.36. The number of pyridine rings is 2. The number of nitrogens with one attached hydrogen (secondary N) is 1. The van der Waals surface area contributed by atoms with Crippen molar-refractivity contribution in [3.63, 3.8) is 0 Å². The Hall–Kier alpha value is -2.62. The van der Waals surface area contributed by atoms with Gasteiger partial charge in [0.05, 0.1) is 12.1 Å². The van der Waals surface area contributed by atoms with E-state index in [0.717, 1.165) is 22.3 Å². The second-order valence-electron chi connectivity index (χ2n) is 4.58. The van der Waals surface area contributed by atoms with Crippen LogP contribution < -0.4 is 10.9 Å². The van der Waals surface area contributed by atoms with Gasteiger partial charge in [-0.15, -0.1) is 0 Å². The molecule has 3 aromatic rings. The number of hydrogen-bond acceptors (Lipinski definition) is 3. The van der Waals surface area contributed by atoms with Crippen LogP contribution in [-0.4, -0.2) is 16.6 Å². The topological polar surface area (TPSA) is 46.9 Å². The second kappa shape index (κ2) is 5.17. The summed E-state index contributed by atoms with van der Waals surface area (Å²) in [4.78, 5) is 16.4. The van der Waals surface area contributed by atoms with Gasteiger partial charge in [-0.05, 0) is 23.6 Å². The molecule has 2 heterocycles. The van der Waals surface area contributed by atoms with Gasteiger partial charge >= 0.3 is 0 Å². The van der Waals surface area contributed by atoms with Crippen molar-refractivity contribution >= 4 is 16.7 Å². The minimum absolute atomic E-state index is 0.00499. The number of anilines is 1. The number of hydrogen-bond donors (Lipinski definition) is 1. The van der Waals surface area contributed by atoms with Crippen LogP contribution in [0.2, 0.25) is 0 Å². The van der Waals surface area contributed by atoms with Crippen LogP contribution in [0.15, 0.2) is 59.5 Å². The quantitative estimate of drug-likeness (QED) is 0.791. The van der Waals surface area contributed by atoms with Crippen molar-refractivity contribution in [2.45, 2.75) is 6.54 Å². The first-order valence-electron chi connectivity index (χ1n) is 6.50. The zero-order valence-corrected chi connectivity index (χ0v) is 11.2. The first-order chi connectivity index (χ1) is 9.79. The van der Waals surface area contributed by atoms with Crippen LogP contribution in [0.25, 0.3) is 10.9 Å². The fourth-order valence-corrected chi connectivity index (χ4v) is 2.37. The fourth-order valence-electron chi connectivity index (χ4n) is 2.37. The van der Waals surface area contributed by atoms with Crippen molar-refractivity contribution in [1.29, 1.82) is 0 Å². The van der Waals surface area contributed by atoms with E-state index in [4.69, 9.17) is 0 Å². The van der Waals surface area contributed by atoms with E-state index in [-0.39, 0.29) is 5.56 Å². The predicted molar refractivity (Wildman–Crippen MR) is 81.1 cm³/mol. The molecule has 0 fully saturated rings. The van der Waals surface area contributed by atoms with Crippen molar-refractivity contribution in [3.05, 3.63) is 70.6 Å². The third-order valence-corrected chi connectivity index (χ3v) is 3.36. The SMILES string of the molecule is CNc1ncccc1Cn1c(=O)ccc2ccccc21. The molecule has 1 aromatic carbocycles. The molecule has 0 aliphatic heterocycles. The maximum Gasteiger partial charge on any atom is 0.251 e. The summed E-state index contributed by atoms with van der Waals surface area (Å²) in [5.41, 5.74) is 1.92. The van der Waals surface area contributed by atoms with Gasteiger partial charge in [0.1, 0.15) is 5.82 Å². The zero-order chi connectivity index (χ0) is 13.9. The number of aromatic nitrogens is 2. The highest BCUT2D eigenvalue weighted by molar-refractivity contribution is 5.78. The van der Waals surface area contributed by atoms with Crippen LogP contribution in [0, 0.1) is 0 Å². The van der Waals surface area contributed by atoms with Crippen LogP contribution >= 0.6 is 0 Å². The lowest BCUT2D eigenvalue weighted by molar-refractivity contribution is 0.792. The van der Waals surface area contributed by atoms with E-state index in [9.17, 15) is 4.79 Å². The van der Waals surface area contributed by atoms with Crippen molar-refractivity contribution in [3.8, 4) is 0 Å². The fraction of sp³-hybridized carbons (Fsp3) is 0.125. The summed E-state index contributed by atoms with van der Waals surface area (Å²) in [6.45, 7) is 0.504. The summed E-state index contributed by atoms with van der Waals surface area (Å²) in [5.74, 6) is 0.798. The number of nitrogens with zero attached hydrogens (tertiary/aromatic N) is 2. The molecule has 100 valence electrons. The van der Waals surface area contributed by atoms with Gasteiger partial charge in [0, 0.05) is 24.9 Å². The number of benzene rings is 1. The predicted octanol–water partition coefficient (Wildman–Crippen LogP) is 2.49. The second-order valence-corrected chi connectivity index (χ2v) is 4.58. The zero-order valence-electron chi connectivity index (χ0n) is 11.2. The molecule has 0 saturated carbocycles. The average molecular weight is 265 g/mol. The van der Waals surface area contributed by atoms with Crippen LogP contribution in [0.1, 0.15) is 5.56 Å². The smallest absolute Gasteiger partial charge is 0.251 e. The van der Waals surface area contributed by atoms with E-state index < -0.39 is 0 Å². The standard InChI is InChI=1S/C16H15N3O/c1-17-16-13(6-4-10-18-16)11-19-14-7-3-2-5-12(14)8-9-15(19)20/h2-10H,11H2,1H3,(H,17,18). The molecule has 0 aliphatic carbocycles. The molecule has 4 nitrogen and oxygen atoms in total. The molecular formula is C16H15N3O. The number of para-hydroxylation sites is 1. The van der Waals surface area contributed by atoms with Gasteiger partial charge in [-0.3, -0.25) is 4.79 Å². The Morgan fingerprint density at radius 1 is 1.10 bits per heavy atom. The molecule has 0 saturated heterocycles. The van der Waals surface area contributed by atoms with Gasteiger partial charge in [0.25, 0.3) is 5.56 Å². The Bertz CT molecular complexity index is 808. The van der Waals surface area contributed by atoms with Gasteiger partial charge in [-0.25, -0.2) is 4.98 Å². The molecule has 20 heavy (non-hydrogen) atoms. The van der Waals surface area contributed by atoms with Gasteiger partial charge in [-0.2, -0.15) is 0 Å². The third kappa shape index (κ3) is 2.16. The van der Waals surface area contributed by atoms with Crippen molar-refractivity contribution in [2.75, 3.05) is 12.4 Å². The molecule has 2 aromatic heterocycles. The normalized spacial score (nSPS) is 10.7. The summed E-state index contributed by atoms with van der Waals surface area (Å²) in [7, 11) is 1.83. The first kappa shape index (κ1) is 12.4. The molecule has 1 N–H and O–H groups in total. The Labute approximate surface area is 116 Å². The lowest BCUT2D eigenvalue weighted by Crippen LogP contribution is -2.20. The van der Waals surface area contributed by atoms with Crippen molar-refractivity contribution < 1.29 is 0 Å². The van der Waals surface area contributed by atoms with Crippen LogP contribution in [-0.2, 0) is 6.54 Å². The first-order valence-corrected chi connectivity index (χ1v) is 6.50. The van der Waals surface area contributed by atoms with Crippen molar-refractivity contribution in [2.24, 2.45) is 0 Å².